The summed E-state index contributed by atoms with van der Waals surface area (Å²) in [6.07, 6.45) is 3.68. The molecule has 0 amide bonds. The van der Waals surface area contributed by atoms with E-state index in [-0.39, 0.29) is 11.8 Å². The minimum Gasteiger partial charge on any atom is -0.371 e. The molecule has 3 heterocycles. The number of carbonyl (C=O) groups is 1. The molecule has 0 radical (unpaired) electrons. The lowest BCUT2D eigenvalue weighted by atomic mass is 9.99. The number of hydrogen-bond acceptors (Lipinski definition) is 3. The number of nitrogens with one attached hydrogen (secondary N) is 2. The summed E-state index contributed by atoms with van der Waals surface area (Å²) in [5.74, 6) is 0.0948. The fourth-order valence-electron chi connectivity index (χ4n) is 2.93. The number of aromatic nitrogens is 2. The maximum atomic E-state index is 12.0. The van der Waals surface area contributed by atoms with Gasteiger partial charge >= 0.3 is 0 Å². The number of anilines is 1. The van der Waals surface area contributed by atoms with Crippen molar-refractivity contribution >= 4 is 22.5 Å². The number of benzene rings is 1. The molecule has 0 spiro atoms. The fourth-order valence-corrected chi connectivity index (χ4v) is 2.93. The Bertz CT molecular complexity index is 835. The van der Waals surface area contributed by atoms with Crippen molar-refractivity contribution in [2.24, 2.45) is 0 Å². The van der Waals surface area contributed by atoms with Crippen LogP contribution in [0.2, 0.25) is 0 Å². The van der Waals surface area contributed by atoms with E-state index in [9.17, 15) is 4.79 Å². The molecule has 98 valence electrons. The van der Waals surface area contributed by atoms with Gasteiger partial charge in [-0.15, -0.1) is 0 Å². The Morgan fingerprint density at radius 3 is 2.90 bits per heavy atom. The number of para-hydroxylation sites is 1. The molecule has 0 saturated heterocycles. The monoisotopic (exact) mass is 263 g/mol. The van der Waals surface area contributed by atoms with E-state index in [4.69, 9.17) is 0 Å². The zero-order chi connectivity index (χ0) is 13.7. The third kappa shape index (κ3) is 1.42. The number of rotatable bonds is 1. The van der Waals surface area contributed by atoms with E-state index >= 15 is 0 Å². The van der Waals surface area contributed by atoms with Crippen LogP contribution < -0.4 is 5.32 Å². The number of fused-ring (bicyclic) bond motifs is 2. The highest BCUT2D eigenvalue weighted by Crippen LogP contribution is 2.41. The van der Waals surface area contributed by atoms with Gasteiger partial charge in [-0.1, -0.05) is 18.2 Å². The van der Waals surface area contributed by atoms with Crippen LogP contribution in [0, 0.1) is 0 Å². The van der Waals surface area contributed by atoms with Gasteiger partial charge < -0.3 is 10.3 Å². The molecule has 0 fully saturated rings. The van der Waals surface area contributed by atoms with Gasteiger partial charge in [-0.05, 0) is 24.6 Å². The number of nitrogens with zero attached hydrogens (tertiary/aromatic N) is 1. The number of H-pyrrole nitrogens is 1. The van der Waals surface area contributed by atoms with Crippen molar-refractivity contribution in [1.29, 1.82) is 0 Å². The Kier molecular flexibility index (Phi) is 2.21. The number of aromatic amines is 1. The van der Waals surface area contributed by atoms with E-state index in [0.717, 1.165) is 33.4 Å². The maximum Gasteiger partial charge on any atom is 0.156 e. The summed E-state index contributed by atoms with van der Waals surface area (Å²) in [5.41, 5.74) is 4.98. The number of ketones is 1. The first-order chi connectivity index (χ1) is 9.75. The summed E-state index contributed by atoms with van der Waals surface area (Å²) in [6, 6.07) is 9.72. The van der Waals surface area contributed by atoms with E-state index < -0.39 is 0 Å². The molecule has 0 bridgehead atoms. The van der Waals surface area contributed by atoms with Crippen LogP contribution >= 0.6 is 0 Å². The molecule has 0 saturated carbocycles. The summed E-state index contributed by atoms with van der Waals surface area (Å²) in [7, 11) is 0. The van der Waals surface area contributed by atoms with Crippen molar-refractivity contribution < 1.29 is 4.79 Å². The standard InChI is InChI=1S/C16H13N3O/c1-9(20)15-12-8-18-16-14(12)11(6-7-17-16)10-4-2-3-5-13(10)19-15/h2-8,15,19H,1H3,(H,17,18). The van der Waals surface area contributed by atoms with Gasteiger partial charge in [-0.3, -0.25) is 4.79 Å². The molecular formula is C16H13N3O. The second kappa shape index (κ2) is 3.93. The highest BCUT2D eigenvalue weighted by molar-refractivity contribution is 6.04. The van der Waals surface area contributed by atoms with Crippen LogP contribution in [0.3, 0.4) is 0 Å². The van der Waals surface area contributed by atoms with Crippen molar-refractivity contribution in [2.75, 3.05) is 5.32 Å². The van der Waals surface area contributed by atoms with E-state index in [1.807, 2.05) is 30.5 Å². The van der Waals surface area contributed by atoms with Crippen molar-refractivity contribution in [1.82, 2.24) is 9.97 Å². The Balaban J connectivity index is 2.15. The minimum absolute atomic E-state index is 0.0948. The van der Waals surface area contributed by atoms with Crippen molar-refractivity contribution in [2.45, 2.75) is 13.0 Å². The lowest BCUT2D eigenvalue weighted by molar-refractivity contribution is -0.117. The van der Waals surface area contributed by atoms with Crippen LogP contribution in [0.4, 0.5) is 5.69 Å². The molecule has 2 N–H and O–H groups in total. The molecule has 4 nitrogen and oxygen atoms in total. The first-order valence-corrected chi connectivity index (χ1v) is 6.58. The summed E-state index contributed by atoms with van der Waals surface area (Å²) >= 11 is 0. The lowest BCUT2D eigenvalue weighted by Crippen LogP contribution is -2.17. The molecule has 1 aromatic carbocycles. The first-order valence-electron chi connectivity index (χ1n) is 6.58. The van der Waals surface area contributed by atoms with E-state index in [2.05, 4.69) is 21.4 Å². The molecule has 4 heteroatoms. The van der Waals surface area contributed by atoms with Gasteiger partial charge in [0.15, 0.2) is 5.78 Å². The van der Waals surface area contributed by atoms with Gasteiger partial charge in [0.2, 0.25) is 0 Å². The zero-order valence-electron chi connectivity index (χ0n) is 11.0. The van der Waals surface area contributed by atoms with Crippen LogP contribution in [0.5, 0.6) is 0 Å². The second-order valence-electron chi connectivity index (χ2n) is 5.06. The summed E-state index contributed by atoms with van der Waals surface area (Å²) < 4.78 is 0. The zero-order valence-corrected chi connectivity index (χ0v) is 11.0. The number of carbonyl (C=O) groups excluding carboxylic acids is 1. The van der Waals surface area contributed by atoms with E-state index in [1.54, 1.807) is 13.1 Å². The fraction of sp³-hybridized carbons (Fsp3) is 0.125. The molecule has 2 aromatic heterocycles. The highest BCUT2D eigenvalue weighted by atomic mass is 16.1. The van der Waals surface area contributed by atoms with Crippen molar-refractivity contribution in [3.8, 4) is 11.1 Å². The van der Waals surface area contributed by atoms with Crippen LogP contribution in [0.15, 0.2) is 42.7 Å². The van der Waals surface area contributed by atoms with Crippen LogP contribution in [-0.2, 0) is 4.79 Å². The molecule has 1 atom stereocenters. The van der Waals surface area contributed by atoms with Gasteiger partial charge in [-0.2, -0.15) is 0 Å². The third-order valence-corrected chi connectivity index (χ3v) is 3.84. The highest BCUT2D eigenvalue weighted by Gasteiger charge is 2.26. The maximum absolute atomic E-state index is 12.0. The quantitative estimate of drug-likeness (QED) is 0.708. The summed E-state index contributed by atoms with van der Waals surface area (Å²) in [4.78, 5) is 19.5. The Hall–Kier alpha value is -2.62. The normalized spacial score (nSPS) is 16.4. The Labute approximate surface area is 115 Å². The third-order valence-electron chi connectivity index (χ3n) is 3.84. The van der Waals surface area contributed by atoms with Gasteiger partial charge in [0.05, 0.1) is 0 Å². The van der Waals surface area contributed by atoms with Crippen LogP contribution in [-0.4, -0.2) is 15.8 Å². The lowest BCUT2D eigenvalue weighted by Gasteiger charge is -2.15. The molecule has 1 unspecified atom stereocenters. The van der Waals surface area contributed by atoms with Crippen molar-refractivity contribution in [3.63, 3.8) is 0 Å². The van der Waals surface area contributed by atoms with Crippen LogP contribution in [0.1, 0.15) is 18.5 Å². The Morgan fingerprint density at radius 1 is 1.20 bits per heavy atom. The molecule has 4 rings (SSSR count). The number of hydrogen-bond donors (Lipinski definition) is 2. The molecule has 20 heavy (non-hydrogen) atoms. The molecule has 3 aromatic rings. The van der Waals surface area contributed by atoms with Crippen LogP contribution in [0.25, 0.3) is 22.2 Å². The average Bonchev–Trinajstić information content (AvgIpc) is 2.82. The number of pyridine rings is 1. The van der Waals surface area contributed by atoms with Gasteiger partial charge in [0.1, 0.15) is 11.7 Å². The molecule has 0 aliphatic carbocycles. The number of Topliss-reactive ketones (excluding diaryl/α,β-unsaturated/α-hetero) is 1. The average molecular weight is 263 g/mol. The van der Waals surface area contributed by atoms with Crippen molar-refractivity contribution in [3.05, 3.63) is 48.3 Å². The summed E-state index contributed by atoms with van der Waals surface area (Å²) in [5, 5.41) is 4.39. The smallest absolute Gasteiger partial charge is 0.156 e. The van der Waals surface area contributed by atoms with E-state index in [1.165, 1.54) is 0 Å². The topological polar surface area (TPSA) is 57.8 Å². The molecule has 1 aliphatic rings. The van der Waals surface area contributed by atoms with E-state index in [0.29, 0.717) is 0 Å². The first kappa shape index (κ1) is 11.2. The van der Waals surface area contributed by atoms with Gasteiger partial charge in [0.25, 0.3) is 0 Å². The predicted octanol–water partition coefficient (Wildman–Crippen LogP) is 3.29. The SMILES string of the molecule is CC(=O)C1Nc2ccccc2-c2ccnc3[nH]cc1c23. The minimum atomic E-state index is -0.338. The summed E-state index contributed by atoms with van der Waals surface area (Å²) in [6.45, 7) is 1.61. The molecule has 1 aliphatic heterocycles. The largest absolute Gasteiger partial charge is 0.371 e. The molecular weight excluding hydrogens is 250 g/mol. The Morgan fingerprint density at radius 2 is 2.05 bits per heavy atom. The van der Waals surface area contributed by atoms with Gasteiger partial charge in [0, 0.05) is 34.6 Å². The second-order valence-corrected chi connectivity index (χ2v) is 5.06. The predicted molar refractivity (Wildman–Crippen MR) is 78.6 cm³/mol. The van der Waals surface area contributed by atoms with Gasteiger partial charge in [-0.25, -0.2) is 4.98 Å².